The van der Waals surface area contributed by atoms with Crippen molar-refractivity contribution in [3.8, 4) is 17.1 Å². The lowest BCUT2D eigenvalue weighted by Crippen LogP contribution is -2.08. The van der Waals surface area contributed by atoms with E-state index in [-0.39, 0.29) is 23.0 Å². The van der Waals surface area contributed by atoms with Crippen molar-refractivity contribution in [2.24, 2.45) is 0 Å². The van der Waals surface area contributed by atoms with Gasteiger partial charge in [-0.3, -0.25) is 14.2 Å². The smallest absolute Gasteiger partial charge is 0.196 e. The zero-order chi connectivity index (χ0) is 23.7. The number of thioether (sulfide) groups is 1. The van der Waals surface area contributed by atoms with Crippen LogP contribution in [0.5, 0.6) is 0 Å². The van der Waals surface area contributed by atoms with Crippen LogP contribution in [0.4, 0.5) is 4.39 Å². The number of aromatic amines is 1. The maximum atomic E-state index is 14.7. The van der Waals surface area contributed by atoms with Gasteiger partial charge in [-0.1, -0.05) is 47.6 Å². The number of para-hydroxylation sites is 1. The van der Waals surface area contributed by atoms with Gasteiger partial charge in [-0.25, -0.2) is 4.39 Å². The van der Waals surface area contributed by atoms with Gasteiger partial charge in [-0.05, 0) is 50.6 Å². The molecule has 0 aliphatic heterocycles. The van der Waals surface area contributed by atoms with Gasteiger partial charge in [0.2, 0.25) is 0 Å². The Morgan fingerprint density at radius 1 is 1.09 bits per heavy atom. The van der Waals surface area contributed by atoms with Crippen LogP contribution in [0.2, 0.25) is 5.02 Å². The molecule has 9 heteroatoms. The Balaban J connectivity index is 1.72. The van der Waals surface area contributed by atoms with Crippen molar-refractivity contribution in [1.82, 2.24) is 19.7 Å². The number of hydrogen-bond donors (Lipinski definition) is 1. The van der Waals surface area contributed by atoms with Crippen molar-refractivity contribution < 1.29 is 14.0 Å². The maximum absolute atomic E-state index is 14.7. The third-order valence-electron chi connectivity index (χ3n) is 5.24. The van der Waals surface area contributed by atoms with Crippen molar-refractivity contribution in [1.29, 1.82) is 0 Å². The zero-order valence-corrected chi connectivity index (χ0v) is 19.7. The van der Waals surface area contributed by atoms with Crippen LogP contribution in [0.25, 0.3) is 17.1 Å². The number of halogens is 2. The van der Waals surface area contributed by atoms with E-state index in [0.29, 0.717) is 44.1 Å². The molecule has 2 heterocycles. The van der Waals surface area contributed by atoms with Gasteiger partial charge < -0.3 is 4.98 Å². The molecule has 1 N–H and O–H groups in total. The van der Waals surface area contributed by atoms with E-state index in [9.17, 15) is 14.0 Å². The molecule has 0 aliphatic carbocycles. The van der Waals surface area contributed by atoms with Crippen LogP contribution >= 0.6 is 23.4 Å². The van der Waals surface area contributed by atoms with E-state index in [1.165, 1.54) is 13.0 Å². The van der Waals surface area contributed by atoms with Crippen molar-refractivity contribution in [2.75, 3.05) is 5.75 Å². The molecule has 4 aromatic rings. The first kappa shape index (κ1) is 22.9. The standard InChI is InChI=1S/C24H20ClFN4O2S/c1-13-21(15(3)31)14(2)27-22(13)20(32)12-33-24-29-28-23(16-8-4-5-9-17(16)25)30(24)19-11-7-6-10-18(19)26/h4-11,27H,12H2,1-3H3. The molecule has 0 amide bonds. The quantitative estimate of drug-likeness (QED) is 0.264. The minimum absolute atomic E-state index is 0.0211. The number of carbonyl (C=O) groups excluding carboxylic acids is 2. The summed E-state index contributed by atoms with van der Waals surface area (Å²) in [5, 5.41) is 9.27. The predicted octanol–water partition coefficient (Wildman–Crippen LogP) is 5.85. The number of nitrogens with one attached hydrogen (secondary N) is 1. The summed E-state index contributed by atoms with van der Waals surface area (Å²) in [6.07, 6.45) is 0. The molecule has 0 saturated heterocycles. The van der Waals surface area contributed by atoms with Crippen molar-refractivity contribution in [3.05, 3.63) is 81.9 Å². The fourth-order valence-corrected chi connectivity index (χ4v) is 4.83. The summed E-state index contributed by atoms with van der Waals surface area (Å²) in [6, 6.07) is 13.4. The summed E-state index contributed by atoms with van der Waals surface area (Å²) in [5.41, 5.74) is 3.03. The highest BCUT2D eigenvalue weighted by atomic mass is 35.5. The van der Waals surface area contributed by atoms with Crippen LogP contribution in [0, 0.1) is 19.7 Å². The molecule has 2 aromatic carbocycles. The number of benzene rings is 2. The molecule has 168 valence electrons. The van der Waals surface area contributed by atoms with Crippen LogP contribution in [0.3, 0.4) is 0 Å². The fourth-order valence-electron chi connectivity index (χ4n) is 3.79. The number of carbonyl (C=O) groups is 2. The molecule has 33 heavy (non-hydrogen) atoms. The summed E-state index contributed by atoms with van der Waals surface area (Å²) in [7, 11) is 0. The maximum Gasteiger partial charge on any atom is 0.196 e. The second-order valence-electron chi connectivity index (χ2n) is 7.47. The fraction of sp³-hybridized carbons (Fsp3) is 0.167. The minimum atomic E-state index is -0.458. The average Bonchev–Trinajstić information content (AvgIpc) is 3.33. The topological polar surface area (TPSA) is 80.6 Å². The number of Topliss-reactive ketones (excluding diaryl/α,β-unsaturated/α-hetero) is 2. The molecule has 6 nitrogen and oxygen atoms in total. The second kappa shape index (κ2) is 9.33. The third kappa shape index (κ3) is 4.36. The Morgan fingerprint density at radius 3 is 2.45 bits per heavy atom. The molecule has 0 saturated carbocycles. The molecule has 0 radical (unpaired) electrons. The number of aromatic nitrogens is 4. The molecule has 4 rings (SSSR count). The van der Waals surface area contributed by atoms with Crippen molar-refractivity contribution in [3.63, 3.8) is 0 Å². The Morgan fingerprint density at radius 2 is 1.79 bits per heavy atom. The zero-order valence-electron chi connectivity index (χ0n) is 18.1. The van der Waals surface area contributed by atoms with Crippen LogP contribution in [0.15, 0.2) is 53.7 Å². The van der Waals surface area contributed by atoms with Crippen molar-refractivity contribution in [2.45, 2.75) is 25.9 Å². The van der Waals surface area contributed by atoms with Crippen LogP contribution in [-0.4, -0.2) is 37.1 Å². The molecule has 0 bridgehead atoms. The van der Waals surface area contributed by atoms with Crippen LogP contribution in [0.1, 0.15) is 39.0 Å². The number of rotatable bonds is 7. The van der Waals surface area contributed by atoms with Gasteiger partial charge in [0, 0.05) is 16.8 Å². The summed E-state index contributed by atoms with van der Waals surface area (Å²) in [5.74, 6) is -0.369. The third-order valence-corrected chi connectivity index (χ3v) is 6.50. The van der Waals surface area contributed by atoms with Crippen molar-refractivity contribution >= 4 is 34.9 Å². The normalized spacial score (nSPS) is 11.1. The molecule has 0 aliphatic rings. The Kier molecular flexibility index (Phi) is 6.49. The molecular weight excluding hydrogens is 463 g/mol. The van der Waals surface area contributed by atoms with Crippen LogP contribution < -0.4 is 0 Å². The molecule has 0 unspecified atom stereocenters. The molecule has 0 fully saturated rings. The summed E-state index contributed by atoms with van der Waals surface area (Å²) >= 11 is 7.50. The number of H-pyrrole nitrogens is 1. The van der Waals surface area contributed by atoms with Gasteiger partial charge in [0.15, 0.2) is 22.5 Å². The molecule has 0 spiro atoms. The summed E-state index contributed by atoms with van der Waals surface area (Å²) in [6.45, 7) is 4.98. The Bertz CT molecular complexity index is 1380. The highest BCUT2D eigenvalue weighted by molar-refractivity contribution is 7.99. The number of nitrogens with zero attached hydrogens (tertiary/aromatic N) is 3. The monoisotopic (exact) mass is 482 g/mol. The summed E-state index contributed by atoms with van der Waals surface area (Å²) in [4.78, 5) is 27.9. The van der Waals surface area contributed by atoms with Gasteiger partial charge in [-0.2, -0.15) is 0 Å². The minimum Gasteiger partial charge on any atom is -0.355 e. The van der Waals surface area contributed by atoms with E-state index in [4.69, 9.17) is 11.6 Å². The predicted molar refractivity (Wildman–Crippen MR) is 127 cm³/mol. The number of ketones is 2. The second-order valence-corrected chi connectivity index (χ2v) is 8.82. The van der Waals surface area contributed by atoms with Gasteiger partial charge >= 0.3 is 0 Å². The van der Waals surface area contributed by atoms with E-state index in [0.717, 1.165) is 11.8 Å². The lowest BCUT2D eigenvalue weighted by Gasteiger charge is -2.12. The first-order chi connectivity index (χ1) is 15.8. The highest BCUT2D eigenvalue weighted by Gasteiger charge is 2.23. The highest BCUT2D eigenvalue weighted by Crippen LogP contribution is 2.33. The van der Waals surface area contributed by atoms with Crippen LogP contribution in [-0.2, 0) is 0 Å². The summed E-state index contributed by atoms with van der Waals surface area (Å²) < 4.78 is 16.3. The Hall–Kier alpha value is -3.23. The van der Waals surface area contributed by atoms with E-state index in [1.54, 1.807) is 60.9 Å². The number of aryl methyl sites for hydroxylation is 1. The van der Waals surface area contributed by atoms with Gasteiger partial charge in [-0.15, -0.1) is 10.2 Å². The largest absolute Gasteiger partial charge is 0.355 e. The first-order valence-corrected chi connectivity index (χ1v) is 11.5. The van der Waals surface area contributed by atoms with Gasteiger partial charge in [0.05, 0.1) is 22.2 Å². The number of hydrogen-bond acceptors (Lipinski definition) is 5. The first-order valence-electron chi connectivity index (χ1n) is 10.1. The van der Waals surface area contributed by atoms with Gasteiger partial charge in [0.1, 0.15) is 5.82 Å². The molecular formula is C24H20ClFN4O2S. The average molecular weight is 483 g/mol. The van der Waals surface area contributed by atoms with E-state index in [2.05, 4.69) is 15.2 Å². The van der Waals surface area contributed by atoms with E-state index in [1.807, 2.05) is 0 Å². The van der Waals surface area contributed by atoms with E-state index >= 15 is 0 Å². The molecule has 2 aromatic heterocycles. The SMILES string of the molecule is CC(=O)c1c(C)[nH]c(C(=O)CSc2nnc(-c3ccccc3Cl)n2-c2ccccc2F)c1C. The lowest BCUT2D eigenvalue weighted by atomic mass is 10.1. The van der Waals surface area contributed by atoms with E-state index < -0.39 is 5.82 Å². The van der Waals surface area contributed by atoms with Gasteiger partial charge in [0.25, 0.3) is 0 Å². The lowest BCUT2D eigenvalue weighted by molar-refractivity contribution is 0.101. The Labute approximate surface area is 199 Å². The molecule has 0 atom stereocenters.